The van der Waals surface area contributed by atoms with Crippen molar-refractivity contribution >= 4 is 18.5 Å². The topological polar surface area (TPSA) is 29.1 Å². The minimum Gasteiger partial charge on any atom is -0.355 e. The van der Waals surface area contributed by atoms with Crippen LogP contribution in [0.2, 0.25) is 0 Å². The summed E-state index contributed by atoms with van der Waals surface area (Å²) >= 11 is 3.99. The molecule has 0 aliphatic rings. The Bertz CT molecular complexity index is 129. The van der Waals surface area contributed by atoms with E-state index in [1.807, 2.05) is 20.8 Å². The molecule has 0 rings (SSSR count). The van der Waals surface area contributed by atoms with E-state index < -0.39 is 0 Å². The molecule has 0 atom stereocenters. The van der Waals surface area contributed by atoms with Crippen molar-refractivity contribution in [2.75, 3.05) is 12.3 Å². The molecule has 0 aliphatic carbocycles. The van der Waals surface area contributed by atoms with Crippen LogP contribution in [0.5, 0.6) is 0 Å². The fourth-order valence-electron chi connectivity index (χ4n) is 0.739. The van der Waals surface area contributed by atoms with Gasteiger partial charge in [-0.2, -0.15) is 12.6 Å². The highest BCUT2D eigenvalue weighted by Gasteiger charge is 2.14. The Balaban J connectivity index is 3.53. The summed E-state index contributed by atoms with van der Waals surface area (Å²) in [5, 5.41) is 2.77. The van der Waals surface area contributed by atoms with E-state index >= 15 is 0 Å². The zero-order valence-corrected chi connectivity index (χ0v) is 8.37. The molecule has 0 unspecified atom stereocenters. The molecule has 66 valence electrons. The van der Waals surface area contributed by atoms with Crippen molar-refractivity contribution in [1.29, 1.82) is 0 Å². The van der Waals surface area contributed by atoms with Crippen LogP contribution in [0.3, 0.4) is 0 Å². The number of thiol groups is 1. The van der Waals surface area contributed by atoms with E-state index in [1.54, 1.807) is 0 Å². The van der Waals surface area contributed by atoms with Crippen molar-refractivity contribution < 1.29 is 4.79 Å². The second kappa shape index (κ2) is 4.65. The maximum Gasteiger partial charge on any atom is 0.220 e. The lowest BCUT2D eigenvalue weighted by molar-refractivity contribution is -0.122. The number of hydrogen-bond acceptors (Lipinski definition) is 2. The summed E-state index contributed by atoms with van der Waals surface area (Å²) in [6.07, 6.45) is 0.584. The van der Waals surface area contributed by atoms with Crippen LogP contribution in [0.25, 0.3) is 0 Å². The summed E-state index contributed by atoms with van der Waals surface area (Å²) < 4.78 is 0. The second-order valence-corrected chi connectivity index (χ2v) is 4.26. The molecule has 0 radical (unpaired) electrons. The van der Waals surface area contributed by atoms with Gasteiger partial charge >= 0.3 is 0 Å². The molecule has 0 bridgehead atoms. The predicted molar refractivity (Wildman–Crippen MR) is 50.9 cm³/mol. The Labute approximate surface area is 74.2 Å². The summed E-state index contributed by atoms with van der Waals surface area (Å²) in [5.41, 5.74) is 0.0840. The predicted octanol–water partition coefficient (Wildman–Crippen LogP) is 1.47. The van der Waals surface area contributed by atoms with Crippen LogP contribution in [0.1, 0.15) is 27.2 Å². The van der Waals surface area contributed by atoms with Crippen LogP contribution in [0.4, 0.5) is 0 Å². The molecular weight excluding hydrogens is 158 g/mol. The Hall–Kier alpha value is -0.180. The number of carbonyl (C=O) groups excluding carboxylic acids is 1. The third kappa shape index (κ3) is 7.72. The van der Waals surface area contributed by atoms with Gasteiger partial charge < -0.3 is 5.32 Å². The Kier molecular flexibility index (Phi) is 4.57. The molecule has 0 spiro atoms. The molecule has 0 aliphatic heterocycles. The van der Waals surface area contributed by atoms with Crippen molar-refractivity contribution in [3.8, 4) is 0 Å². The molecule has 0 aromatic carbocycles. The van der Waals surface area contributed by atoms with Gasteiger partial charge in [-0.3, -0.25) is 4.79 Å². The van der Waals surface area contributed by atoms with Crippen LogP contribution in [0, 0.1) is 5.41 Å². The molecule has 1 amide bonds. The van der Waals surface area contributed by atoms with E-state index in [1.165, 1.54) is 0 Å². The molecule has 0 aromatic heterocycles. The number of carbonyl (C=O) groups is 1. The molecule has 1 N–H and O–H groups in total. The first-order valence-electron chi connectivity index (χ1n) is 3.83. The first kappa shape index (κ1) is 10.8. The number of rotatable bonds is 3. The fourth-order valence-corrected chi connectivity index (χ4v) is 0.851. The summed E-state index contributed by atoms with van der Waals surface area (Å²) in [7, 11) is 0. The maximum atomic E-state index is 11.1. The first-order chi connectivity index (χ1) is 4.95. The lowest BCUT2D eigenvalue weighted by Crippen LogP contribution is -2.28. The standard InChI is InChI=1S/C8H17NOS/c1-8(2,3)6-7(10)9-4-5-11/h11H,4-6H2,1-3H3,(H,9,10). The van der Waals surface area contributed by atoms with Gasteiger partial charge in [-0.25, -0.2) is 0 Å². The van der Waals surface area contributed by atoms with Gasteiger partial charge in [0.2, 0.25) is 5.91 Å². The minimum absolute atomic E-state index is 0.0840. The Morgan fingerprint density at radius 1 is 1.45 bits per heavy atom. The highest BCUT2D eigenvalue weighted by molar-refractivity contribution is 7.80. The summed E-state index contributed by atoms with van der Waals surface area (Å²) in [6.45, 7) is 6.81. The van der Waals surface area contributed by atoms with Gasteiger partial charge in [0.1, 0.15) is 0 Å². The molecule has 0 heterocycles. The van der Waals surface area contributed by atoms with Crippen molar-refractivity contribution in [3.05, 3.63) is 0 Å². The SMILES string of the molecule is CC(C)(C)CC(=O)NCCS. The first-order valence-corrected chi connectivity index (χ1v) is 4.46. The van der Waals surface area contributed by atoms with E-state index in [2.05, 4.69) is 17.9 Å². The summed E-state index contributed by atoms with van der Waals surface area (Å²) in [4.78, 5) is 11.1. The lowest BCUT2D eigenvalue weighted by Gasteiger charge is -2.16. The van der Waals surface area contributed by atoms with Crippen molar-refractivity contribution in [2.24, 2.45) is 5.41 Å². The third-order valence-corrected chi connectivity index (χ3v) is 1.35. The zero-order valence-electron chi connectivity index (χ0n) is 7.48. The van der Waals surface area contributed by atoms with Gasteiger partial charge in [-0.1, -0.05) is 20.8 Å². The van der Waals surface area contributed by atoms with Crippen LogP contribution in [-0.4, -0.2) is 18.2 Å². The molecular formula is C8H17NOS. The molecule has 0 saturated heterocycles. The smallest absolute Gasteiger partial charge is 0.220 e. The second-order valence-electron chi connectivity index (χ2n) is 3.81. The fraction of sp³-hybridized carbons (Fsp3) is 0.875. The van der Waals surface area contributed by atoms with Crippen molar-refractivity contribution in [1.82, 2.24) is 5.32 Å². The monoisotopic (exact) mass is 175 g/mol. The summed E-state index contributed by atoms with van der Waals surface area (Å²) in [5.74, 6) is 0.821. The van der Waals surface area contributed by atoms with Crippen molar-refractivity contribution in [3.63, 3.8) is 0 Å². The van der Waals surface area contributed by atoms with Gasteiger partial charge in [0.15, 0.2) is 0 Å². The average Bonchev–Trinajstić information content (AvgIpc) is 1.79. The van der Waals surface area contributed by atoms with Gasteiger partial charge in [0.05, 0.1) is 0 Å². The molecule has 0 aromatic rings. The van der Waals surface area contributed by atoms with Crippen LogP contribution >= 0.6 is 12.6 Å². The van der Waals surface area contributed by atoms with Crippen molar-refractivity contribution in [2.45, 2.75) is 27.2 Å². The van der Waals surface area contributed by atoms with E-state index in [9.17, 15) is 4.79 Å². The molecule has 3 heteroatoms. The molecule has 2 nitrogen and oxygen atoms in total. The third-order valence-electron chi connectivity index (χ3n) is 1.12. The largest absolute Gasteiger partial charge is 0.355 e. The van der Waals surface area contributed by atoms with Gasteiger partial charge in [-0.05, 0) is 5.41 Å². The Morgan fingerprint density at radius 2 is 2.00 bits per heavy atom. The minimum atomic E-state index is 0.0840. The van der Waals surface area contributed by atoms with E-state index in [4.69, 9.17) is 0 Å². The molecule has 0 saturated carbocycles. The maximum absolute atomic E-state index is 11.1. The van der Waals surface area contributed by atoms with E-state index in [0.717, 1.165) is 0 Å². The van der Waals surface area contributed by atoms with E-state index in [0.29, 0.717) is 18.7 Å². The van der Waals surface area contributed by atoms with Crippen LogP contribution < -0.4 is 5.32 Å². The summed E-state index contributed by atoms with van der Waals surface area (Å²) in [6, 6.07) is 0. The highest BCUT2D eigenvalue weighted by Crippen LogP contribution is 2.17. The van der Waals surface area contributed by atoms with E-state index in [-0.39, 0.29) is 11.3 Å². The zero-order chi connectivity index (χ0) is 8.91. The average molecular weight is 175 g/mol. The number of hydrogen-bond donors (Lipinski definition) is 2. The van der Waals surface area contributed by atoms with Gasteiger partial charge in [0, 0.05) is 18.7 Å². The van der Waals surface area contributed by atoms with Crippen LogP contribution in [-0.2, 0) is 4.79 Å². The normalized spacial score (nSPS) is 11.3. The quantitative estimate of drug-likeness (QED) is 0.625. The van der Waals surface area contributed by atoms with Gasteiger partial charge in [-0.15, -0.1) is 0 Å². The lowest BCUT2D eigenvalue weighted by atomic mass is 9.92. The highest BCUT2D eigenvalue weighted by atomic mass is 32.1. The molecule has 0 fully saturated rings. The number of nitrogens with one attached hydrogen (secondary N) is 1. The molecule has 11 heavy (non-hydrogen) atoms. The van der Waals surface area contributed by atoms with Crippen LogP contribution in [0.15, 0.2) is 0 Å². The Morgan fingerprint density at radius 3 is 2.36 bits per heavy atom. The van der Waals surface area contributed by atoms with Gasteiger partial charge in [0.25, 0.3) is 0 Å². The number of amides is 1.